The van der Waals surface area contributed by atoms with E-state index in [1.807, 2.05) is 0 Å². The number of aromatic nitrogens is 1. The Kier molecular flexibility index (Phi) is 3.97. The number of pyridine rings is 1. The summed E-state index contributed by atoms with van der Waals surface area (Å²) in [6, 6.07) is 3.25. The summed E-state index contributed by atoms with van der Waals surface area (Å²) in [6.07, 6.45) is 8.01. The van der Waals surface area contributed by atoms with Crippen LogP contribution in [0.4, 0.5) is 0 Å². The predicted molar refractivity (Wildman–Crippen MR) is 54.2 cm³/mol. The first-order chi connectivity index (χ1) is 7.18. The summed E-state index contributed by atoms with van der Waals surface area (Å²) in [5.74, 6) is -0.0308. The average molecular weight is 203 g/mol. The zero-order valence-corrected chi connectivity index (χ0v) is 7.83. The van der Waals surface area contributed by atoms with Gasteiger partial charge in [-0.3, -0.25) is 14.6 Å². The smallest absolute Gasteiger partial charge is 0.178 e. The molecule has 4 heteroatoms. The molecule has 0 atom stereocenters. The first-order valence-corrected chi connectivity index (χ1v) is 4.21. The molecular formula is C11H9NO3. The number of aromatic hydroxyl groups is 1. The van der Waals surface area contributed by atoms with Crippen molar-refractivity contribution >= 4 is 11.6 Å². The van der Waals surface area contributed by atoms with Gasteiger partial charge in [0, 0.05) is 6.20 Å². The molecule has 1 aromatic rings. The fourth-order valence-corrected chi connectivity index (χ4v) is 0.793. The average Bonchev–Trinajstić information content (AvgIpc) is 2.25. The van der Waals surface area contributed by atoms with Gasteiger partial charge in [0.1, 0.15) is 5.75 Å². The lowest BCUT2D eigenvalue weighted by atomic mass is 10.2. The van der Waals surface area contributed by atoms with Gasteiger partial charge < -0.3 is 5.11 Å². The van der Waals surface area contributed by atoms with Crippen molar-refractivity contribution < 1.29 is 14.7 Å². The molecule has 0 radical (unpaired) electrons. The highest BCUT2D eigenvalue weighted by molar-refractivity contribution is 6.14. The standard InChI is InChI=1S/C6H4O2.C5H5NO/c7-5-1-2-6(8)4-3-5;7-5-2-1-3-6-4-5/h1-4H;1-4,7H. The fraction of sp³-hybridized carbons (Fsp3) is 0. The highest BCUT2D eigenvalue weighted by Gasteiger charge is 1.97. The Bertz CT molecular complexity index is 369. The van der Waals surface area contributed by atoms with Gasteiger partial charge >= 0.3 is 0 Å². The SMILES string of the molecule is O=C1C=CC(=O)C=C1.Oc1cccnc1. The Labute approximate surface area is 86.6 Å². The van der Waals surface area contributed by atoms with Crippen LogP contribution in [0.25, 0.3) is 0 Å². The molecule has 0 bridgehead atoms. The number of ketones is 2. The first kappa shape index (κ1) is 10.8. The molecule has 0 unspecified atom stereocenters. The molecule has 4 nitrogen and oxygen atoms in total. The molecule has 0 amide bonds. The molecule has 1 N–H and O–H groups in total. The quantitative estimate of drug-likeness (QED) is 0.639. The number of carbonyl (C=O) groups is 2. The van der Waals surface area contributed by atoms with E-state index in [2.05, 4.69) is 4.98 Å². The molecule has 1 heterocycles. The molecule has 0 aliphatic heterocycles. The van der Waals surface area contributed by atoms with Gasteiger partial charge in [-0.05, 0) is 36.4 Å². The van der Waals surface area contributed by atoms with E-state index in [-0.39, 0.29) is 17.3 Å². The van der Waals surface area contributed by atoms with Crippen molar-refractivity contribution in [3.8, 4) is 5.75 Å². The predicted octanol–water partition coefficient (Wildman–Crippen LogP) is 1.04. The van der Waals surface area contributed by atoms with Crippen LogP contribution in [-0.4, -0.2) is 21.7 Å². The van der Waals surface area contributed by atoms with Gasteiger partial charge in [-0.1, -0.05) is 0 Å². The summed E-state index contributed by atoms with van der Waals surface area (Å²) in [5.41, 5.74) is 0. The minimum atomic E-state index is -0.121. The highest BCUT2D eigenvalue weighted by atomic mass is 16.3. The van der Waals surface area contributed by atoms with Crippen molar-refractivity contribution in [1.82, 2.24) is 4.98 Å². The van der Waals surface area contributed by atoms with Crippen LogP contribution in [0, 0.1) is 0 Å². The summed E-state index contributed by atoms with van der Waals surface area (Å²) in [4.78, 5) is 24.2. The molecule has 0 saturated carbocycles. The molecule has 0 saturated heterocycles. The molecular weight excluding hydrogens is 194 g/mol. The van der Waals surface area contributed by atoms with Crippen molar-refractivity contribution in [1.29, 1.82) is 0 Å². The van der Waals surface area contributed by atoms with Crippen LogP contribution in [0.5, 0.6) is 5.75 Å². The second kappa shape index (κ2) is 5.49. The molecule has 0 aromatic carbocycles. The summed E-state index contributed by atoms with van der Waals surface area (Å²) < 4.78 is 0. The Morgan fingerprint density at radius 3 is 1.80 bits per heavy atom. The maximum atomic E-state index is 10.3. The van der Waals surface area contributed by atoms with E-state index in [0.29, 0.717) is 0 Å². The number of hydrogen-bond donors (Lipinski definition) is 1. The highest BCUT2D eigenvalue weighted by Crippen LogP contribution is 1.99. The molecule has 1 aliphatic carbocycles. The van der Waals surface area contributed by atoms with Gasteiger partial charge in [-0.25, -0.2) is 0 Å². The number of nitrogens with zero attached hydrogens (tertiary/aromatic N) is 1. The molecule has 2 rings (SSSR count). The van der Waals surface area contributed by atoms with Gasteiger partial charge in [0.05, 0.1) is 6.20 Å². The van der Waals surface area contributed by atoms with Crippen LogP contribution >= 0.6 is 0 Å². The third kappa shape index (κ3) is 4.52. The fourth-order valence-electron chi connectivity index (χ4n) is 0.793. The van der Waals surface area contributed by atoms with Crippen molar-refractivity contribution in [3.63, 3.8) is 0 Å². The summed E-state index contributed by atoms with van der Waals surface area (Å²) in [5, 5.41) is 8.57. The van der Waals surface area contributed by atoms with Crippen molar-refractivity contribution in [2.45, 2.75) is 0 Å². The molecule has 1 aromatic heterocycles. The van der Waals surface area contributed by atoms with E-state index in [1.165, 1.54) is 30.5 Å². The topological polar surface area (TPSA) is 67.3 Å². The van der Waals surface area contributed by atoms with E-state index < -0.39 is 0 Å². The Morgan fingerprint density at radius 1 is 1.00 bits per heavy atom. The summed E-state index contributed by atoms with van der Waals surface area (Å²) in [7, 11) is 0. The van der Waals surface area contributed by atoms with Crippen LogP contribution in [0.15, 0.2) is 48.8 Å². The van der Waals surface area contributed by atoms with Crippen LogP contribution in [0.1, 0.15) is 0 Å². The van der Waals surface area contributed by atoms with Crippen LogP contribution in [0.3, 0.4) is 0 Å². The maximum Gasteiger partial charge on any atom is 0.178 e. The van der Waals surface area contributed by atoms with E-state index in [4.69, 9.17) is 5.11 Å². The Morgan fingerprint density at radius 2 is 1.53 bits per heavy atom. The van der Waals surface area contributed by atoms with Crippen LogP contribution < -0.4 is 0 Å². The van der Waals surface area contributed by atoms with Gasteiger partial charge in [-0.15, -0.1) is 0 Å². The summed E-state index contributed by atoms with van der Waals surface area (Å²) in [6.45, 7) is 0. The first-order valence-electron chi connectivity index (χ1n) is 4.21. The molecule has 0 spiro atoms. The van der Waals surface area contributed by atoms with E-state index in [1.54, 1.807) is 18.3 Å². The Hall–Kier alpha value is -2.23. The van der Waals surface area contributed by atoms with Gasteiger partial charge in [-0.2, -0.15) is 0 Å². The largest absolute Gasteiger partial charge is 0.506 e. The normalized spacial score (nSPS) is 13.3. The van der Waals surface area contributed by atoms with E-state index >= 15 is 0 Å². The minimum absolute atomic E-state index is 0.121. The number of allylic oxidation sites excluding steroid dienone is 4. The zero-order valence-electron chi connectivity index (χ0n) is 7.83. The van der Waals surface area contributed by atoms with Crippen molar-refractivity contribution in [3.05, 3.63) is 48.8 Å². The van der Waals surface area contributed by atoms with Crippen LogP contribution in [-0.2, 0) is 9.59 Å². The maximum absolute atomic E-state index is 10.3. The van der Waals surface area contributed by atoms with E-state index in [9.17, 15) is 9.59 Å². The lowest BCUT2D eigenvalue weighted by molar-refractivity contribution is -0.113. The van der Waals surface area contributed by atoms with E-state index in [0.717, 1.165) is 0 Å². The second-order valence-corrected chi connectivity index (χ2v) is 2.68. The van der Waals surface area contributed by atoms with Gasteiger partial charge in [0.15, 0.2) is 11.6 Å². The molecule has 15 heavy (non-hydrogen) atoms. The van der Waals surface area contributed by atoms with Crippen molar-refractivity contribution in [2.24, 2.45) is 0 Å². The molecule has 0 fully saturated rings. The lowest BCUT2D eigenvalue weighted by Crippen LogP contribution is -1.97. The van der Waals surface area contributed by atoms with Crippen molar-refractivity contribution in [2.75, 3.05) is 0 Å². The van der Waals surface area contributed by atoms with Crippen LogP contribution in [0.2, 0.25) is 0 Å². The third-order valence-electron chi connectivity index (χ3n) is 1.47. The zero-order chi connectivity index (χ0) is 11.1. The monoisotopic (exact) mass is 203 g/mol. The lowest BCUT2D eigenvalue weighted by Gasteiger charge is -1.87. The molecule has 1 aliphatic rings. The number of hydrogen-bond acceptors (Lipinski definition) is 4. The second-order valence-electron chi connectivity index (χ2n) is 2.68. The van der Waals surface area contributed by atoms with Gasteiger partial charge in [0.25, 0.3) is 0 Å². The number of rotatable bonds is 0. The summed E-state index contributed by atoms with van der Waals surface area (Å²) >= 11 is 0. The third-order valence-corrected chi connectivity index (χ3v) is 1.47. The molecule has 76 valence electrons. The Balaban J connectivity index is 0.000000151. The minimum Gasteiger partial charge on any atom is -0.506 e. The number of carbonyl (C=O) groups excluding carboxylic acids is 2. The van der Waals surface area contributed by atoms with Gasteiger partial charge in [0.2, 0.25) is 0 Å².